The maximum Gasteiger partial charge on any atom is 0.481 e. The summed E-state index contributed by atoms with van der Waals surface area (Å²) in [6.07, 6.45) is -24.1. The van der Waals surface area contributed by atoms with Gasteiger partial charge in [0.1, 0.15) is 0 Å². The fraction of sp³-hybridized carbons (Fsp3) is 1.00. The second-order valence-corrected chi connectivity index (χ2v) is 3.25. The number of rotatable bonds is 4. The smallest absolute Gasteiger partial charge is 0.334 e. The Hall–Kier alpha value is -0.563. The average Bonchev–Trinajstić information content (AvgIpc) is 1.98. The molecule has 0 atom stereocenters. The lowest BCUT2D eigenvalue weighted by Gasteiger charge is -2.23. The first-order valence-electron chi connectivity index (χ1n) is 3.38. The first kappa shape index (κ1) is 16.4. The van der Waals surface area contributed by atoms with E-state index in [0.29, 0.717) is 0 Å². The Morgan fingerprint density at radius 1 is 0.529 bits per heavy atom. The minimum absolute atomic E-state index is 2.60. The summed E-state index contributed by atoms with van der Waals surface area (Å²) in [5, 5.41) is 0. The van der Waals surface area contributed by atoms with Gasteiger partial charge in [0.15, 0.2) is 0 Å². The largest absolute Gasteiger partial charge is 0.481 e. The zero-order valence-electron chi connectivity index (χ0n) is 7.30. The maximum atomic E-state index is 11.9. The molecule has 0 unspecified atom stereocenters. The van der Waals surface area contributed by atoms with E-state index in [-0.39, 0.29) is 0 Å². The lowest BCUT2D eigenvalue weighted by molar-refractivity contribution is -0.384. The highest BCUT2D eigenvalue weighted by molar-refractivity contribution is 6.18. The molecule has 0 aliphatic rings. The molecule has 0 aromatic carbocycles. The van der Waals surface area contributed by atoms with Gasteiger partial charge >= 0.3 is 34.6 Å². The first-order valence-corrected chi connectivity index (χ1v) is 4.53. The summed E-state index contributed by atoms with van der Waals surface area (Å²) in [5.74, 6) is 0. The zero-order valence-corrected chi connectivity index (χ0v) is 8.72. The van der Waals surface area contributed by atoms with Crippen molar-refractivity contribution in [2.24, 2.45) is 0 Å². The van der Waals surface area contributed by atoms with Crippen molar-refractivity contribution in [3.8, 4) is 0 Å². The molecule has 0 saturated carbocycles. The van der Waals surface area contributed by atoms with Gasteiger partial charge in [-0.2, -0.15) is 43.9 Å². The van der Waals surface area contributed by atoms with Crippen molar-refractivity contribution in [2.75, 3.05) is 0 Å². The van der Waals surface area contributed by atoms with E-state index in [2.05, 4.69) is 8.85 Å². The minimum Gasteiger partial charge on any atom is -0.334 e. The van der Waals surface area contributed by atoms with Gasteiger partial charge in [0.05, 0.1) is 0 Å². The van der Waals surface area contributed by atoms with Gasteiger partial charge in [-0.15, -0.1) is 0 Å². The molecule has 0 spiro atoms. The van der Waals surface area contributed by atoms with E-state index < -0.39 is 34.6 Å². The molecule has 13 heteroatoms. The van der Waals surface area contributed by atoms with E-state index in [1.165, 1.54) is 0 Å². The predicted octanol–water partition coefficient (Wildman–Crippen LogP) is 2.33. The van der Waals surface area contributed by atoms with Crippen molar-refractivity contribution in [3.63, 3.8) is 0 Å². The van der Waals surface area contributed by atoms with E-state index in [9.17, 15) is 43.9 Å². The standard InChI is InChI=1S/C4H2F10O2Si/c5-1(6,7)3(11,12)15-17-16-4(13,14)2(8,9)10/h17H2. The number of halogens is 10. The summed E-state index contributed by atoms with van der Waals surface area (Å²) in [5.41, 5.74) is 0. The molecule has 0 N–H and O–H groups in total. The molecule has 0 amide bonds. The minimum atomic E-state index is -6.23. The maximum absolute atomic E-state index is 11.9. The van der Waals surface area contributed by atoms with Gasteiger partial charge in [-0.05, 0) is 0 Å². The third kappa shape index (κ3) is 4.31. The van der Waals surface area contributed by atoms with Crippen LogP contribution in [0.25, 0.3) is 0 Å². The Labute approximate surface area is 88.5 Å². The molecule has 0 radical (unpaired) electrons. The average molecular weight is 300 g/mol. The summed E-state index contributed by atoms with van der Waals surface area (Å²) in [6, 6.07) is 0. The number of alkyl halides is 10. The molecule has 0 aromatic heterocycles. The van der Waals surface area contributed by atoms with Gasteiger partial charge in [-0.1, -0.05) is 0 Å². The summed E-state index contributed by atoms with van der Waals surface area (Å²) >= 11 is 0. The summed E-state index contributed by atoms with van der Waals surface area (Å²) < 4.78 is 121. The normalized spacial score (nSPS) is 15.2. The van der Waals surface area contributed by atoms with Gasteiger partial charge in [-0.3, -0.25) is 0 Å². The molecule has 0 fully saturated rings. The molecular formula is C4H2F10O2Si. The molecule has 0 saturated heterocycles. The number of hydrogen-bond donors (Lipinski definition) is 0. The third-order valence-corrected chi connectivity index (χ3v) is 2.10. The summed E-state index contributed by atoms with van der Waals surface area (Å²) in [7, 11) is -3.90. The van der Waals surface area contributed by atoms with E-state index >= 15 is 0 Å². The highest BCUT2D eigenvalue weighted by atomic mass is 28.3. The Morgan fingerprint density at radius 2 is 0.765 bits per heavy atom. The molecule has 0 rings (SSSR count). The van der Waals surface area contributed by atoms with E-state index in [0.717, 1.165) is 0 Å². The van der Waals surface area contributed by atoms with Crippen LogP contribution >= 0.6 is 0 Å². The lowest BCUT2D eigenvalue weighted by Crippen LogP contribution is -2.45. The van der Waals surface area contributed by atoms with Crippen LogP contribution in [-0.2, 0) is 8.85 Å². The zero-order chi connectivity index (χ0) is 14.1. The SMILES string of the molecule is FC(F)(F)C(F)(F)O[SiH2]OC(F)(F)C(F)(F)F. The molecule has 0 aliphatic carbocycles. The van der Waals surface area contributed by atoms with E-state index in [1.807, 2.05) is 0 Å². The van der Waals surface area contributed by atoms with Gasteiger partial charge in [0.2, 0.25) is 0 Å². The molecule has 0 aliphatic heterocycles. The third-order valence-electron chi connectivity index (χ3n) is 1.14. The molecule has 17 heavy (non-hydrogen) atoms. The van der Waals surface area contributed by atoms with Crippen molar-refractivity contribution in [1.29, 1.82) is 0 Å². The van der Waals surface area contributed by atoms with Gasteiger partial charge in [0, 0.05) is 0 Å². The Balaban J connectivity index is 4.36. The highest BCUT2D eigenvalue weighted by Gasteiger charge is 2.62. The first-order chi connectivity index (χ1) is 7.21. The van der Waals surface area contributed by atoms with Crippen molar-refractivity contribution >= 4 is 10.0 Å². The topological polar surface area (TPSA) is 18.5 Å². The Bertz CT molecular complexity index is 230. The lowest BCUT2D eigenvalue weighted by atomic mass is 10.6. The molecule has 0 heterocycles. The van der Waals surface area contributed by atoms with E-state index in [1.54, 1.807) is 0 Å². The van der Waals surface area contributed by atoms with Crippen LogP contribution in [0, 0.1) is 0 Å². The van der Waals surface area contributed by atoms with Crippen LogP contribution in [0.5, 0.6) is 0 Å². The quantitative estimate of drug-likeness (QED) is 0.586. The fourth-order valence-electron chi connectivity index (χ4n) is 0.341. The second kappa shape index (κ2) is 4.60. The van der Waals surface area contributed by atoms with Gasteiger partial charge in [-0.25, -0.2) is 0 Å². The van der Waals surface area contributed by atoms with Crippen molar-refractivity contribution in [3.05, 3.63) is 0 Å². The molecule has 0 bridgehead atoms. The fourth-order valence-corrected chi connectivity index (χ4v) is 1.02. The Morgan fingerprint density at radius 3 is 0.941 bits per heavy atom. The van der Waals surface area contributed by atoms with Crippen LogP contribution < -0.4 is 0 Å². The van der Waals surface area contributed by atoms with E-state index in [4.69, 9.17) is 0 Å². The summed E-state index contributed by atoms with van der Waals surface area (Å²) in [6.45, 7) is 0. The highest BCUT2D eigenvalue weighted by Crippen LogP contribution is 2.38. The molecule has 104 valence electrons. The predicted molar refractivity (Wildman–Crippen MR) is 32.7 cm³/mol. The summed E-state index contributed by atoms with van der Waals surface area (Å²) in [4.78, 5) is 0. The van der Waals surface area contributed by atoms with Crippen LogP contribution in [0.3, 0.4) is 0 Å². The second-order valence-electron chi connectivity index (χ2n) is 2.44. The van der Waals surface area contributed by atoms with Gasteiger partial charge in [0.25, 0.3) is 0 Å². The van der Waals surface area contributed by atoms with Gasteiger partial charge < -0.3 is 8.85 Å². The van der Waals surface area contributed by atoms with Crippen LogP contribution in [0.2, 0.25) is 0 Å². The van der Waals surface area contributed by atoms with Crippen LogP contribution in [-0.4, -0.2) is 34.6 Å². The monoisotopic (exact) mass is 300 g/mol. The molecule has 2 nitrogen and oxygen atoms in total. The van der Waals surface area contributed by atoms with Crippen LogP contribution in [0.4, 0.5) is 43.9 Å². The molecular weight excluding hydrogens is 298 g/mol. The van der Waals surface area contributed by atoms with Crippen molar-refractivity contribution < 1.29 is 52.8 Å². The van der Waals surface area contributed by atoms with Crippen LogP contribution in [0.1, 0.15) is 0 Å². The molecule has 0 aromatic rings. The van der Waals surface area contributed by atoms with Crippen molar-refractivity contribution in [1.82, 2.24) is 0 Å². The Kier molecular flexibility index (Phi) is 4.45. The van der Waals surface area contributed by atoms with Crippen molar-refractivity contribution in [2.45, 2.75) is 24.6 Å². The van der Waals surface area contributed by atoms with Crippen LogP contribution in [0.15, 0.2) is 0 Å². The number of hydrogen-bond acceptors (Lipinski definition) is 2.